The summed E-state index contributed by atoms with van der Waals surface area (Å²) in [7, 11) is 5.96. The monoisotopic (exact) mass is 1240 g/mol. The van der Waals surface area contributed by atoms with Crippen molar-refractivity contribution in [3.63, 3.8) is 0 Å². The summed E-state index contributed by atoms with van der Waals surface area (Å²) in [6.07, 6.45) is 98.3. The van der Waals surface area contributed by atoms with E-state index in [0.29, 0.717) is 17.4 Å². The van der Waals surface area contributed by atoms with Crippen LogP contribution in [0.1, 0.15) is 284 Å². The molecule has 506 valence electrons. The van der Waals surface area contributed by atoms with Gasteiger partial charge in [-0.3, -0.25) is 9.59 Å². The largest absolute Gasteiger partial charge is 0.477 e. The van der Waals surface area contributed by atoms with Gasteiger partial charge in [0, 0.05) is 12.8 Å². The number of hydrogen-bond donors (Lipinski definition) is 1. The molecule has 0 aromatic heterocycles. The fourth-order valence-electron chi connectivity index (χ4n) is 9.60. The Morgan fingerprint density at radius 1 is 0.348 bits per heavy atom. The van der Waals surface area contributed by atoms with Crippen molar-refractivity contribution in [3.8, 4) is 0 Å². The number of rotatable bonds is 65. The van der Waals surface area contributed by atoms with Gasteiger partial charge >= 0.3 is 17.9 Å². The first-order chi connectivity index (χ1) is 43.6. The van der Waals surface area contributed by atoms with Crippen LogP contribution in [0, 0.1) is 0 Å². The van der Waals surface area contributed by atoms with Crippen molar-refractivity contribution in [1.82, 2.24) is 0 Å². The van der Waals surface area contributed by atoms with Crippen molar-refractivity contribution in [3.05, 3.63) is 146 Å². The molecule has 0 heterocycles. The fourth-order valence-corrected chi connectivity index (χ4v) is 9.60. The maximum absolute atomic E-state index is 12.9. The second-order valence-electron chi connectivity index (χ2n) is 24.8. The lowest BCUT2D eigenvalue weighted by Gasteiger charge is -2.25. The number of carboxylic acids is 1. The van der Waals surface area contributed by atoms with E-state index in [9.17, 15) is 19.5 Å². The van der Waals surface area contributed by atoms with Crippen LogP contribution in [-0.2, 0) is 33.3 Å². The first kappa shape index (κ1) is 84.2. The van der Waals surface area contributed by atoms with Crippen LogP contribution >= 0.6 is 0 Å². The predicted molar refractivity (Wildman–Crippen MR) is 382 cm³/mol. The number of hydrogen-bond acceptors (Lipinski definition) is 7. The van der Waals surface area contributed by atoms with E-state index < -0.39 is 24.3 Å². The number of carbonyl (C=O) groups is 3. The van der Waals surface area contributed by atoms with Gasteiger partial charge in [0.15, 0.2) is 6.10 Å². The maximum Gasteiger partial charge on any atom is 0.361 e. The van der Waals surface area contributed by atoms with E-state index in [1.807, 2.05) is 21.1 Å². The highest BCUT2D eigenvalue weighted by Crippen LogP contribution is 2.17. The highest BCUT2D eigenvalue weighted by atomic mass is 16.7. The normalized spacial score (nSPS) is 13.6. The van der Waals surface area contributed by atoms with Gasteiger partial charge in [-0.25, -0.2) is 4.79 Å². The number of quaternary nitrogens is 1. The van der Waals surface area contributed by atoms with E-state index in [1.165, 1.54) is 148 Å². The van der Waals surface area contributed by atoms with Gasteiger partial charge in [0.05, 0.1) is 34.4 Å². The molecule has 9 heteroatoms. The van der Waals surface area contributed by atoms with Crippen LogP contribution in [0.2, 0.25) is 0 Å². The van der Waals surface area contributed by atoms with Gasteiger partial charge in [-0.2, -0.15) is 0 Å². The number of esters is 2. The first-order valence-electron chi connectivity index (χ1n) is 36.0. The molecule has 0 aliphatic heterocycles. The minimum Gasteiger partial charge on any atom is -0.477 e. The highest BCUT2D eigenvalue weighted by Gasteiger charge is 2.25. The number of allylic oxidation sites excluding steroid dienone is 24. The average Bonchev–Trinajstić information content (AvgIpc) is 3.64. The molecule has 0 fully saturated rings. The van der Waals surface area contributed by atoms with Crippen LogP contribution in [0.5, 0.6) is 0 Å². The molecule has 0 amide bonds. The SMILES string of the molecule is CC/C=C\C/C=C\C/C=C\C/C=C\C/C=C\C/C=C\C/C=C\C/C=C\C/C=C\C/C=C\CCCCC(=O)OC(COC(=O)CCCCCCCCCCCCCCCCCCCCC/C=C\C/C=C\CCCCCCC)COC(OCC[N+](C)(C)C)C(=O)O. The lowest BCUT2D eigenvalue weighted by molar-refractivity contribution is -0.870. The van der Waals surface area contributed by atoms with Crippen LogP contribution in [0.25, 0.3) is 0 Å². The Morgan fingerprint density at radius 2 is 0.640 bits per heavy atom. The average molecular weight is 1240 g/mol. The van der Waals surface area contributed by atoms with Gasteiger partial charge in [0.25, 0.3) is 6.29 Å². The van der Waals surface area contributed by atoms with Gasteiger partial charge in [0.1, 0.15) is 13.2 Å². The lowest BCUT2D eigenvalue weighted by Crippen LogP contribution is -2.40. The molecule has 9 nitrogen and oxygen atoms in total. The molecular formula is C80H134NO8+. The van der Waals surface area contributed by atoms with Crippen molar-refractivity contribution >= 4 is 17.9 Å². The van der Waals surface area contributed by atoms with Crippen LogP contribution in [0.3, 0.4) is 0 Å². The van der Waals surface area contributed by atoms with E-state index in [-0.39, 0.29) is 38.6 Å². The van der Waals surface area contributed by atoms with Crippen molar-refractivity contribution in [1.29, 1.82) is 0 Å². The molecule has 0 radical (unpaired) electrons. The summed E-state index contributed by atoms with van der Waals surface area (Å²) >= 11 is 0. The molecule has 0 aromatic rings. The second kappa shape index (κ2) is 69.1. The number of ether oxygens (including phenoxy) is 4. The molecule has 0 spiro atoms. The molecule has 2 unspecified atom stereocenters. The quantitative estimate of drug-likeness (QED) is 0.0211. The summed E-state index contributed by atoms with van der Waals surface area (Å²) in [4.78, 5) is 37.6. The Hall–Kier alpha value is -4.83. The molecular weight excluding hydrogens is 1100 g/mol. The topological polar surface area (TPSA) is 108 Å². The summed E-state index contributed by atoms with van der Waals surface area (Å²) in [5.74, 6) is -2.07. The zero-order valence-electron chi connectivity index (χ0n) is 57.8. The van der Waals surface area contributed by atoms with Crippen molar-refractivity contribution in [2.24, 2.45) is 0 Å². The third kappa shape index (κ3) is 70.5. The molecule has 0 aliphatic rings. The van der Waals surface area contributed by atoms with Crippen LogP contribution in [0.15, 0.2) is 146 Å². The number of carbonyl (C=O) groups excluding carboxylic acids is 2. The standard InChI is InChI=1S/C80H133NO8/c1-6-8-10-12-14-16-18-20-22-24-26-28-30-32-34-36-38-39-41-43-45-47-49-51-53-55-57-59-61-63-65-67-69-71-78(83)89-76(75-88-80(79(84)85)86-73-72-81(3,4)5)74-87-77(82)70-68-66-64-62-60-58-56-54-52-50-48-46-44-42-40-37-35-33-31-29-27-25-23-21-19-17-15-13-11-9-7-2/h8,10,14,16,19-22,25-28,32,34,38-39,43,45,49,51,55,57,61,63,76,80H,6-7,9,11-13,15,17-18,23-24,29-31,33,35-37,40-42,44,46-48,50,52-54,56,58-60,62,64-75H2,1-5H3/p+1/b10-8-,16-14-,21-19-,22-20-,27-25-,28-26-,34-32-,39-38-,45-43-,51-49-,57-55-,63-61-. The molecule has 0 bridgehead atoms. The number of unbranched alkanes of at least 4 members (excludes halogenated alkanes) is 26. The Morgan fingerprint density at radius 3 is 0.978 bits per heavy atom. The van der Waals surface area contributed by atoms with E-state index in [4.69, 9.17) is 18.9 Å². The summed E-state index contributed by atoms with van der Waals surface area (Å²) in [6, 6.07) is 0. The number of carboxylic acid groups (broad SMARTS) is 1. The molecule has 0 aromatic carbocycles. The molecule has 0 aliphatic carbocycles. The van der Waals surface area contributed by atoms with E-state index in [1.54, 1.807) is 0 Å². The zero-order chi connectivity index (χ0) is 64.7. The van der Waals surface area contributed by atoms with Crippen molar-refractivity contribution < 1.29 is 42.9 Å². The maximum atomic E-state index is 12.9. The molecule has 2 atom stereocenters. The van der Waals surface area contributed by atoms with Crippen LogP contribution in [-0.4, -0.2) is 87.4 Å². The summed E-state index contributed by atoms with van der Waals surface area (Å²) in [5, 5.41) is 9.75. The van der Waals surface area contributed by atoms with Gasteiger partial charge in [-0.1, -0.05) is 295 Å². The minimum absolute atomic E-state index is 0.172. The van der Waals surface area contributed by atoms with Gasteiger partial charge < -0.3 is 28.5 Å². The summed E-state index contributed by atoms with van der Waals surface area (Å²) in [5.41, 5.74) is 0. The Bertz CT molecular complexity index is 1970. The second-order valence-corrected chi connectivity index (χ2v) is 24.8. The third-order valence-electron chi connectivity index (χ3n) is 15.1. The molecule has 0 saturated carbocycles. The van der Waals surface area contributed by atoms with Crippen molar-refractivity contribution in [2.75, 3.05) is 47.5 Å². The van der Waals surface area contributed by atoms with E-state index in [2.05, 4.69) is 160 Å². The minimum atomic E-state index is -1.53. The van der Waals surface area contributed by atoms with E-state index in [0.717, 1.165) is 103 Å². The van der Waals surface area contributed by atoms with Crippen molar-refractivity contribution in [2.45, 2.75) is 296 Å². The summed E-state index contributed by atoms with van der Waals surface area (Å²) < 4.78 is 22.9. The van der Waals surface area contributed by atoms with Gasteiger partial charge in [-0.05, 0) is 122 Å². The summed E-state index contributed by atoms with van der Waals surface area (Å²) in [6.45, 7) is 4.71. The molecule has 0 rings (SSSR count). The van der Waals surface area contributed by atoms with E-state index >= 15 is 0 Å². The van der Waals surface area contributed by atoms with Crippen LogP contribution < -0.4 is 0 Å². The number of nitrogens with zero attached hydrogens (tertiary/aromatic N) is 1. The Labute approximate surface area is 547 Å². The van der Waals surface area contributed by atoms with Gasteiger partial charge in [-0.15, -0.1) is 0 Å². The lowest BCUT2D eigenvalue weighted by atomic mass is 10.0. The molecule has 89 heavy (non-hydrogen) atoms. The third-order valence-corrected chi connectivity index (χ3v) is 15.1. The smallest absolute Gasteiger partial charge is 0.361 e. The molecule has 0 saturated heterocycles. The fraction of sp³-hybridized carbons (Fsp3) is 0.662. The zero-order valence-corrected chi connectivity index (χ0v) is 57.8. The number of aliphatic carboxylic acids is 1. The Balaban J connectivity index is 4.22. The predicted octanol–water partition coefficient (Wildman–Crippen LogP) is 22.7. The Kier molecular flexibility index (Phi) is 65.3. The van der Waals surface area contributed by atoms with Gasteiger partial charge in [0.2, 0.25) is 0 Å². The molecule has 1 N–H and O–H groups in total. The number of likely N-dealkylation sites (N-methyl/N-ethyl adjacent to an activating group) is 1. The highest BCUT2D eigenvalue weighted by molar-refractivity contribution is 5.71. The first-order valence-corrected chi connectivity index (χ1v) is 36.0. The van der Waals surface area contributed by atoms with Crippen LogP contribution in [0.4, 0.5) is 0 Å².